The molecular weight excluding hydrogens is 286 g/mol. The Hall–Kier alpha value is -0.930. The van der Waals surface area contributed by atoms with E-state index in [1.54, 1.807) is 0 Å². The molecule has 1 aromatic heterocycles. The van der Waals surface area contributed by atoms with Crippen molar-refractivity contribution in [2.75, 3.05) is 13.2 Å². The van der Waals surface area contributed by atoms with Gasteiger partial charge in [-0.1, -0.05) is 44.6 Å². The first-order valence-corrected chi connectivity index (χ1v) is 9.47. The van der Waals surface area contributed by atoms with Crippen molar-refractivity contribution in [2.24, 2.45) is 5.92 Å². The Labute approximate surface area is 141 Å². The second-order valence-corrected chi connectivity index (χ2v) is 6.62. The minimum Gasteiger partial charge on any atom is -0.353 e. The van der Waals surface area contributed by atoms with Crippen molar-refractivity contribution < 1.29 is 9.47 Å². The van der Waals surface area contributed by atoms with Crippen LogP contribution in [0.15, 0.2) is 24.4 Å². The molecule has 0 N–H and O–H groups in total. The summed E-state index contributed by atoms with van der Waals surface area (Å²) in [4.78, 5) is 4.63. The van der Waals surface area contributed by atoms with Crippen molar-refractivity contribution in [1.82, 2.24) is 4.98 Å². The van der Waals surface area contributed by atoms with Crippen LogP contribution in [0.1, 0.15) is 76.8 Å². The Bertz CT molecular complexity index is 391. The summed E-state index contributed by atoms with van der Waals surface area (Å²) < 4.78 is 11.6. The van der Waals surface area contributed by atoms with Crippen LogP contribution in [0.25, 0.3) is 0 Å². The molecule has 0 spiro atoms. The molecule has 3 nitrogen and oxygen atoms in total. The summed E-state index contributed by atoms with van der Waals surface area (Å²) in [6.07, 6.45) is 12.3. The zero-order valence-corrected chi connectivity index (χ0v) is 14.9. The quantitative estimate of drug-likeness (QED) is 0.456. The van der Waals surface area contributed by atoms with Crippen LogP contribution >= 0.6 is 0 Å². The number of pyridine rings is 1. The molecule has 0 bridgehead atoms. The molecule has 23 heavy (non-hydrogen) atoms. The normalized spacial score (nSPS) is 18.0. The first-order chi connectivity index (χ1) is 11.3. The highest BCUT2D eigenvalue weighted by Crippen LogP contribution is 2.34. The SMILES string of the molecule is CCOC(CC(CC1CCCCCC1)c1ccccn1)OCC. The number of rotatable bonds is 9. The molecule has 1 fully saturated rings. The zero-order valence-electron chi connectivity index (χ0n) is 14.9. The fourth-order valence-electron chi connectivity index (χ4n) is 3.75. The lowest BCUT2D eigenvalue weighted by atomic mass is 9.85. The third-order valence-corrected chi connectivity index (χ3v) is 4.88. The summed E-state index contributed by atoms with van der Waals surface area (Å²) in [6.45, 7) is 5.46. The van der Waals surface area contributed by atoms with E-state index in [9.17, 15) is 0 Å². The summed E-state index contributed by atoms with van der Waals surface area (Å²) in [6, 6.07) is 6.25. The number of aromatic nitrogens is 1. The van der Waals surface area contributed by atoms with E-state index >= 15 is 0 Å². The summed E-state index contributed by atoms with van der Waals surface area (Å²) in [7, 11) is 0. The molecule has 1 aromatic rings. The molecule has 1 heterocycles. The van der Waals surface area contributed by atoms with Crippen molar-refractivity contribution in [2.45, 2.75) is 77.4 Å². The van der Waals surface area contributed by atoms with Gasteiger partial charge in [-0.3, -0.25) is 4.98 Å². The van der Waals surface area contributed by atoms with Gasteiger partial charge in [0, 0.05) is 37.4 Å². The molecule has 1 saturated carbocycles. The maximum atomic E-state index is 5.80. The number of hydrogen-bond acceptors (Lipinski definition) is 3. The predicted octanol–water partition coefficient (Wildman–Crippen LogP) is 5.31. The second kappa shape index (κ2) is 10.8. The fourth-order valence-corrected chi connectivity index (χ4v) is 3.75. The van der Waals surface area contributed by atoms with Gasteiger partial charge >= 0.3 is 0 Å². The van der Waals surface area contributed by atoms with Gasteiger partial charge in [0.05, 0.1) is 0 Å². The topological polar surface area (TPSA) is 31.4 Å². The molecular formula is C20H33NO2. The van der Waals surface area contributed by atoms with E-state index in [1.165, 1.54) is 50.6 Å². The summed E-state index contributed by atoms with van der Waals surface area (Å²) in [5, 5.41) is 0. The largest absolute Gasteiger partial charge is 0.353 e. The molecule has 0 radical (unpaired) electrons. The van der Waals surface area contributed by atoms with Gasteiger partial charge in [0.2, 0.25) is 0 Å². The van der Waals surface area contributed by atoms with Gasteiger partial charge in [0.15, 0.2) is 6.29 Å². The van der Waals surface area contributed by atoms with Crippen LogP contribution in [0.4, 0.5) is 0 Å². The van der Waals surface area contributed by atoms with E-state index < -0.39 is 0 Å². The van der Waals surface area contributed by atoms with Gasteiger partial charge in [-0.25, -0.2) is 0 Å². The highest BCUT2D eigenvalue weighted by Gasteiger charge is 2.24. The molecule has 0 saturated heterocycles. The van der Waals surface area contributed by atoms with E-state index in [0.717, 1.165) is 12.3 Å². The molecule has 1 aliphatic rings. The van der Waals surface area contributed by atoms with E-state index in [1.807, 2.05) is 26.1 Å². The van der Waals surface area contributed by atoms with Crippen LogP contribution in [0.2, 0.25) is 0 Å². The molecule has 0 aliphatic heterocycles. The molecule has 0 amide bonds. The third-order valence-electron chi connectivity index (χ3n) is 4.88. The Kier molecular flexibility index (Phi) is 8.62. The summed E-state index contributed by atoms with van der Waals surface area (Å²) in [5.74, 6) is 1.26. The van der Waals surface area contributed by atoms with E-state index in [2.05, 4.69) is 17.1 Å². The monoisotopic (exact) mass is 319 g/mol. The fraction of sp³-hybridized carbons (Fsp3) is 0.750. The van der Waals surface area contributed by atoms with E-state index in [-0.39, 0.29) is 6.29 Å². The number of ether oxygens (including phenoxy) is 2. The van der Waals surface area contributed by atoms with E-state index in [0.29, 0.717) is 19.1 Å². The highest BCUT2D eigenvalue weighted by atomic mass is 16.7. The minimum absolute atomic E-state index is 0.109. The smallest absolute Gasteiger partial charge is 0.158 e. The number of hydrogen-bond donors (Lipinski definition) is 0. The zero-order chi connectivity index (χ0) is 16.3. The molecule has 2 rings (SSSR count). The van der Waals surface area contributed by atoms with Crippen LogP contribution < -0.4 is 0 Å². The van der Waals surface area contributed by atoms with E-state index in [4.69, 9.17) is 9.47 Å². The van der Waals surface area contributed by atoms with Gasteiger partial charge in [-0.2, -0.15) is 0 Å². The lowest BCUT2D eigenvalue weighted by Gasteiger charge is -2.26. The van der Waals surface area contributed by atoms with Crippen molar-refractivity contribution in [3.63, 3.8) is 0 Å². The van der Waals surface area contributed by atoms with Crippen LogP contribution in [0.3, 0.4) is 0 Å². The molecule has 3 heteroatoms. The number of nitrogens with zero attached hydrogens (tertiary/aromatic N) is 1. The lowest BCUT2D eigenvalue weighted by molar-refractivity contribution is -0.143. The Balaban J connectivity index is 2.04. The predicted molar refractivity (Wildman–Crippen MR) is 94.4 cm³/mol. The maximum Gasteiger partial charge on any atom is 0.158 e. The van der Waals surface area contributed by atoms with Crippen molar-refractivity contribution in [1.29, 1.82) is 0 Å². The lowest BCUT2D eigenvalue weighted by Crippen LogP contribution is -2.22. The van der Waals surface area contributed by atoms with Gasteiger partial charge in [0.25, 0.3) is 0 Å². The first kappa shape index (κ1) is 18.4. The molecule has 1 atom stereocenters. The maximum absolute atomic E-state index is 5.80. The van der Waals surface area contributed by atoms with Crippen molar-refractivity contribution in [3.05, 3.63) is 30.1 Å². The van der Waals surface area contributed by atoms with Gasteiger partial charge in [-0.05, 0) is 38.3 Å². The van der Waals surface area contributed by atoms with Crippen LogP contribution in [0.5, 0.6) is 0 Å². The first-order valence-electron chi connectivity index (χ1n) is 9.47. The Morgan fingerprint density at radius 1 is 1.04 bits per heavy atom. The standard InChI is InChI=1S/C20H33NO2/c1-3-22-20(23-4-2)16-18(19-13-9-10-14-21-19)15-17-11-7-5-6-8-12-17/h9-10,13-14,17-18,20H,3-8,11-12,15-16H2,1-2H3. The van der Waals surface area contributed by atoms with Crippen LogP contribution in [0, 0.1) is 5.92 Å². The Morgan fingerprint density at radius 3 is 2.30 bits per heavy atom. The van der Waals surface area contributed by atoms with Crippen molar-refractivity contribution >= 4 is 0 Å². The van der Waals surface area contributed by atoms with Crippen LogP contribution in [-0.2, 0) is 9.47 Å². The minimum atomic E-state index is -0.109. The highest BCUT2D eigenvalue weighted by molar-refractivity contribution is 5.10. The third kappa shape index (κ3) is 6.60. The molecule has 1 aliphatic carbocycles. The molecule has 0 aromatic carbocycles. The van der Waals surface area contributed by atoms with Gasteiger partial charge in [-0.15, -0.1) is 0 Å². The Morgan fingerprint density at radius 2 is 1.74 bits per heavy atom. The van der Waals surface area contributed by atoms with Gasteiger partial charge < -0.3 is 9.47 Å². The summed E-state index contributed by atoms with van der Waals surface area (Å²) >= 11 is 0. The molecule has 130 valence electrons. The van der Waals surface area contributed by atoms with Crippen molar-refractivity contribution in [3.8, 4) is 0 Å². The molecule has 1 unspecified atom stereocenters. The van der Waals surface area contributed by atoms with Crippen LogP contribution in [-0.4, -0.2) is 24.5 Å². The summed E-state index contributed by atoms with van der Waals surface area (Å²) in [5.41, 5.74) is 1.20. The average molecular weight is 319 g/mol. The second-order valence-electron chi connectivity index (χ2n) is 6.62. The van der Waals surface area contributed by atoms with Gasteiger partial charge in [0.1, 0.15) is 0 Å². The average Bonchev–Trinajstić information content (AvgIpc) is 2.84.